The van der Waals surface area contributed by atoms with Gasteiger partial charge in [0, 0.05) is 12.4 Å². The predicted octanol–water partition coefficient (Wildman–Crippen LogP) is 3.51. The molecule has 0 amide bonds. The molecular formula is C15H15F3N2. The van der Waals surface area contributed by atoms with Crippen LogP contribution >= 0.6 is 0 Å². The van der Waals surface area contributed by atoms with Gasteiger partial charge in [0.1, 0.15) is 0 Å². The fourth-order valence-electron chi connectivity index (χ4n) is 2.13. The highest BCUT2D eigenvalue weighted by Crippen LogP contribution is 2.26. The molecule has 0 bridgehead atoms. The molecule has 1 N–H and O–H groups in total. The van der Waals surface area contributed by atoms with E-state index in [-0.39, 0.29) is 0 Å². The highest BCUT2D eigenvalue weighted by Gasteiger charge is 2.19. The first-order valence-corrected chi connectivity index (χ1v) is 6.33. The quantitative estimate of drug-likeness (QED) is 0.867. The Morgan fingerprint density at radius 3 is 2.40 bits per heavy atom. The Hall–Kier alpha value is -1.88. The van der Waals surface area contributed by atoms with Gasteiger partial charge >= 0.3 is 0 Å². The van der Waals surface area contributed by atoms with Crippen molar-refractivity contribution in [3.63, 3.8) is 0 Å². The lowest BCUT2D eigenvalue weighted by Crippen LogP contribution is -2.23. The topological polar surface area (TPSA) is 24.9 Å². The molecule has 5 heteroatoms. The van der Waals surface area contributed by atoms with Gasteiger partial charge in [0.25, 0.3) is 0 Å². The van der Waals surface area contributed by atoms with Crippen LogP contribution in [0.4, 0.5) is 13.2 Å². The summed E-state index contributed by atoms with van der Waals surface area (Å²) in [5.41, 5.74) is 2.08. The van der Waals surface area contributed by atoms with E-state index in [1.165, 1.54) is 0 Å². The van der Waals surface area contributed by atoms with Crippen molar-refractivity contribution in [1.82, 2.24) is 10.3 Å². The van der Waals surface area contributed by atoms with Crippen molar-refractivity contribution in [3.05, 3.63) is 64.7 Å². The molecule has 1 aromatic carbocycles. The van der Waals surface area contributed by atoms with E-state index in [1.807, 2.05) is 19.9 Å². The van der Waals surface area contributed by atoms with Crippen molar-refractivity contribution < 1.29 is 13.2 Å². The van der Waals surface area contributed by atoms with Crippen molar-refractivity contribution in [2.75, 3.05) is 6.54 Å². The van der Waals surface area contributed by atoms with Gasteiger partial charge in [0.05, 0.1) is 6.04 Å². The third-order valence-electron chi connectivity index (χ3n) is 3.14. The van der Waals surface area contributed by atoms with Crippen molar-refractivity contribution >= 4 is 0 Å². The van der Waals surface area contributed by atoms with E-state index in [0.717, 1.165) is 23.3 Å². The van der Waals surface area contributed by atoms with E-state index in [9.17, 15) is 13.2 Å². The maximum absolute atomic E-state index is 13.4. The smallest absolute Gasteiger partial charge is 0.194 e. The second-order valence-corrected chi connectivity index (χ2v) is 4.52. The van der Waals surface area contributed by atoms with E-state index in [0.29, 0.717) is 12.1 Å². The van der Waals surface area contributed by atoms with Gasteiger partial charge in [-0.3, -0.25) is 4.98 Å². The van der Waals surface area contributed by atoms with Crippen LogP contribution in [0.1, 0.15) is 29.7 Å². The van der Waals surface area contributed by atoms with Gasteiger partial charge in [-0.2, -0.15) is 0 Å². The Morgan fingerprint density at radius 1 is 1.20 bits per heavy atom. The summed E-state index contributed by atoms with van der Waals surface area (Å²) in [5.74, 6) is -3.83. The van der Waals surface area contributed by atoms with Crippen molar-refractivity contribution in [3.8, 4) is 0 Å². The SMILES string of the molecule is CCNC(c1cc(F)c(F)c(F)c1)c1cnccc1C. The molecule has 0 aliphatic carbocycles. The first-order valence-electron chi connectivity index (χ1n) is 6.33. The summed E-state index contributed by atoms with van der Waals surface area (Å²) in [6, 6.07) is 3.41. The van der Waals surface area contributed by atoms with Crippen LogP contribution in [0, 0.1) is 24.4 Å². The van der Waals surface area contributed by atoms with Crippen molar-refractivity contribution in [2.45, 2.75) is 19.9 Å². The molecule has 0 radical (unpaired) electrons. The van der Waals surface area contributed by atoms with Crippen LogP contribution < -0.4 is 5.32 Å². The van der Waals surface area contributed by atoms with Crippen molar-refractivity contribution in [2.24, 2.45) is 0 Å². The first-order chi connectivity index (χ1) is 9.54. The molecule has 1 aromatic heterocycles. The van der Waals surface area contributed by atoms with Gasteiger partial charge in [-0.15, -0.1) is 0 Å². The maximum Gasteiger partial charge on any atom is 0.194 e. The number of hydrogen-bond donors (Lipinski definition) is 1. The fraction of sp³-hybridized carbons (Fsp3) is 0.267. The Morgan fingerprint density at radius 2 is 1.85 bits per heavy atom. The van der Waals surface area contributed by atoms with Gasteiger partial charge in [-0.1, -0.05) is 6.92 Å². The summed E-state index contributed by atoms with van der Waals surface area (Å²) in [4.78, 5) is 4.03. The minimum atomic E-state index is -1.45. The Labute approximate surface area is 115 Å². The lowest BCUT2D eigenvalue weighted by atomic mass is 9.96. The summed E-state index contributed by atoms with van der Waals surface area (Å²) in [5, 5.41) is 3.13. The summed E-state index contributed by atoms with van der Waals surface area (Å²) in [6.07, 6.45) is 3.29. The summed E-state index contributed by atoms with van der Waals surface area (Å²) >= 11 is 0. The van der Waals surface area contributed by atoms with Crippen LogP contribution in [0.5, 0.6) is 0 Å². The monoisotopic (exact) mass is 280 g/mol. The van der Waals surface area contributed by atoms with E-state index in [4.69, 9.17) is 0 Å². The zero-order valence-electron chi connectivity index (χ0n) is 11.3. The van der Waals surface area contributed by atoms with E-state index < -0.39 is 23.5 Å². The van der Waals surface area contributed by atoms with Crippen LogP contribution in [0.3, 0.4) is 0 Å². The molecule has 2 rings (SSSR count). The molecule has 0 saturated heterocycles. The van der Waals surface area contributed by atoms with Gasteiger partial charge < -0.3 is 5.32 Å². The number of hydrogen-bond acceptors (Lipinski definition) is 2. The molecule has 2 aromatic rings. The zero-order valence-corrected chi connectivity index (χ0v) is 11.3. The molecule has 1 atom stereocenters. The molecule has 1 heterocycles. The van der Waals surface area contributed by atoms with E-state index in [2.05, 4.69) is 10.3 Å². The van der Waals surface area contributed by atoms with Gasteiger partial charge in [0.2, 0.25) is 0 Å². The summed E-state index contributed by atoms with van der Waals surface area (Å²) in [7, 11) is 0. The number of aryl methyl sites for hydroxylation is 1. The number of nitrogens with one attached hydrogen (secondary N) is 1. The van der Waals surface area contributed by atoms with Gasteiger partial charge in [-0.25, -0.2) is 13.2 Å². The molecule has 106 valence electrons. The molecule has 0 saturated carbocycles. The minimum absolute atomic E-state index is 0.333. The predicted molar refractivity (Wildman–Crippen MR) is 70.8 cm³/mol. The second kappa shape index (κ2) is 6.05. The molecule has 1 unspecified atom stereocenters. The minimum Gasteiger partial charge on any atom is -0.306 e. The molecule has 0 aliphatic rings. The lowest BCUT2D eigenvalue weighted by Gasteiger charge is -2.20. The van der Waals surface area contributed by atoms with Crippen LogP contribution in [0.25, 0.3) is 0 Å². The van der Waals surface area contributed by atoms with Crippen molar-refractivity contribution in [1.29, 1.82) is 0 Å². The Kier molecular flexibility index (Phi) is 4.39. The second-order valence-electron chi connectivity index (χ2n) is 4.52. The fourth-order valence-corrected chi connectivity index (χ4v) is 2.13. The Bertz CT molecular complexity index is 591. The number of halogens is 3. The third kappa shape index (κ3) is 2.82. The van der Waals surface area contributed by atoms with Gasteiger partial charge in [-0.05, 0) is 48.4 Å². The Balaban J connectivity index is 2.52. The normalized spacial score (nSPS) is 12.4. The standard InChI is InChI=1S/C15H15F3N2/c1-3-20-15(11-8-19-5-4-9(11)2)10-6-12(16)14(18)13(17)7-10/h4-8,15,20H,3H2,1-2H3. The number of aromatic nitrogens is 1. The number of pyridine rings is 1. The van der Waals surface area contributed by atoms with Crippen LogP contribution in [-0.4, -0.2) is 11.5 Å². The van der Waals surface area contributed by atoms with Crippen LogP contribution in [0.15, 0.2) is 30.6 Å². The summed E-state index contributed by atoms with van der Waals surface area (Å²) in [6.45, 7) is 4.37. The number of benzene rings is 1. The zero-order chi connectivity index (χ0) is 14.7. The highest BCUT2D eigenvalue weighted by molar-refractivity contribution is 5.35. The average Bonchev–Trinajstić information content (AvgIpc) is 2.43. The third-order valence-corrected chi connectivity index (χ3v) is 3.14. The molecule has 0 fully saturated rings. The van der Waals surface area contributed by atoms with Crippen LogP contribution in [0.2, 0.25) is 0 Å². The van der Waals surface area contributed by atoms with Crippen LogP contribution in [-0.2, 0) is 0 Å². The lowest BCUT2D eigenvalue weighted by molar-refractivity contribution is 0.442. The molecule has 0 aliphatic heterocycles. The molecular weight excluding hydrogens is 265 g/mol. The first kappa shape index (κ1) is 14.5. The molecule has 0 spiro atoms. The molecule has 2 nitrogen and oxygen atoms in total. The highest BCUT2D eigenvalue weighted by atomic mass is 19.2. The van der Waals surface area contributed by atoms with Gasteiger partial charge in [0.15, 0.2) is 17.5 Å². The average molecular weight is 280 g/mol. The number of nitrogens with zero attached hydrogens (tertiary/aromatic N) is 1. The largest absolute Gasteiger partial charge is 0.306 e. The number of rotatable bonds is 4. The maximum atomic E-state index is 13.4. The molecule has 20 heavy (non-hydrogen) atoms. The van der Waals surface area contributed by atoms with E-state index in [1.54, 1.807) is 12.4 Å². The van der Waals surface area contributed by atoms with E-state index >= 15 is 0 Å². The summed E-state index contributed by atoms with van der Waals surface area (Å²) < 4.78 is 39.9.